The van der Waals surface area contributed by atoms with Gasteiger partial charge in [0.05, 0.1) is 29.7 Å². The van der Waals surface area contributed by atoms with Gasteiger partial charge in [0.15, 0.2) is 5.78 Å². The van der Waals surface area contributed by atoms with Gasteiger partial charge in [-0.2, -0.15) is 0 Å². The number of allylic oxidation sites excluding steroid dienone is 3. The fourth-order valence-electron chi connectivity index (χ4n) is 16.0. The molecular weight excluding hydrogens is 717 g/mol. The Labute approximate surface area is 341 Å². The molecule has 9 heteroatoms. The first-order chi connectivity index (χ1) is 27.1. The second kappa shape index (κ2) is 14.2. The molecular formula is C48H74N2O7. The van der Waals surface area contributed by atoms with Crippen LogP contribution >= 0.6 is 0 Å². The third-order valence-corrected chi connectivity index (χ3v) is 19.0. The van der Waals surface area contributed by atoms with Crippen molar-refractivity contribution in [2.45, 2.75) is 179 Å². The molecule has 318 valence electrons. The number of hydrogen-bond donors (Lipinski definition) is 6. The molecule has 6 fully saturated rings. The van der Waals surface area contributed by atoms with Crippen LogP contribution in [0.2, 0.25) is 0 Å². The summed E-state index contributed by atoms with van der Waals surface area (Å²) in [4.78, 5) is 15.1. The lowest BCUT2D eigenvalue weighted by Crippen LogP contribution is -2.70. The highest BCUT2D eigenvalue weighted by molar-refractivity contribution is 6.00. The Morgan fingerprint density at radius 3 is 2.60 bits per heavy atom. The van der Waals surface area contributed by atoms with Gasteiger partial charge in [0.25, 0.3) is 0 Å². The van der Waals surface area contributed by atoms with Crippen molar-refractivity contribution in [3.8, 4) is 0 Å². The number of carbonyl (C=O) groups excluding carboxylic acids is 1. The Morgan fingerprint density at radius 2 is 1.86 bits per heavy atom. The monoisotopic (exact) mass is 791 g/mol. The molecule has 9 nitrogen and oxygen atoms in total. The summed E-state index contributed by atoms with van der Waals surface area (Å²) in [6, 6.07) is 0. The summed E-state index contributed by atoms with van der Waals surface area (Å²) in [7, 11) is 0. The summed E-state index contributed by atoms with van der Waals surface area (Å²) < 4.78 is 14.0. The number of dihydropyridines is 1. The zero-order valence-corrected chi connectivity index (χ0v) is 35.7. The highest BCUT2D eigenvalue weighted by Crippen LogP contribution is 2.78. The average Bonchev–Trinajstić information content (AvgIpc) is 3.96. The van der Waals surface area contributed by atoms with Crippen LogP contribution in [0.25, 0.3) is 0 Å². The molecule has 0 unspecified atom stereocenters. The molecule has 9 rings (SSSR count). The van der Waals surface area contributed by atoms with Gasteiger partial charge in [-0.3, -0.25) is 4.79 Å². The number of aliphatic hydroxyl groups excluding tert-OH is 2. The predicted molar refractivity (Wildman–Crippen MR) is 219 cm³/mol. The van der Waals surface area contributed by atoms with E-state index in [1.165, 1.54) is 19.3 Å². The van der Waals surface area contributed by atoms with Crippen molar-refractivity contribution in [2.75, 3.05) is 19.8 Å². The minimum absolute atomic E-state index is 0.0195. The third-order valence-electron chi connectivity index (χ3n) is 19.0. The van der Waals surface area contributed by atoms with Crippen molar-refractivity contribution in [2.24, 2.45) is 63.4 Å². The first-order valence-electron chi connectivity index (χ1n) is 23.3. The largest absolute Gasteiger partial charge is 0.396 e. The number of hydrogen-bond acceptors (Lipinski definition) is 9. The molecule has 0 radical (unpaired) electrons. The number of nitrogens with one attached hydrogen (secondary N) is 1. The SMILES string of the molecule is CCCCCC[C@@]12[C@@H]3CC[C@@H]4C[C@]5(C)[C@@H]([C@@]6([C@H]7O[C@@H]7[C@](C)(O)[C@](C)(CO)CCC7=CCNC(N)=C7)C[C@H](C)CCO6)C[C@@H]6CCC(=C([C@H]41)[C@]65O)C(=O)[C@@H]2C[C@@H](O)C3. The topological polar surface area (TPSA) is 158 Å². The summed E-state index contributed by atoms with van der Waals surface area (Å²) in [5.41, 5.74) is 4.51. The number of nitrogens with two attached hydrogens (primary N) is 1. The Kier molecular flexibility index (Phi) is 10.1. The van der Waals surface area contributed by atoms with Crippen LogP contribution in [0.1, 0.15) is 144 Å². The van der Waals surface area contributed by atoms with Crippen molar-refractivity contribution >= 4 is 5.78 Å². The first-order valence-corrected chi connectivity index (χ1v) is 23.3. The van der Waals surface area contributed by atoms with Gasteiger partial charge in [-0.05, 0) is 154 Å². The molecule has 0 aromatic carbocycles. The molecule has 57 heavy (non-hydrogen) atoms. The standard InChI is InChI=1S/C48H74N2O7/c1-6-7-8-9-17-46-31-11-10-30-26-44(4)36(23-32-12-13-34(39(38(30)46)48(32,44)55)40(53)35(46)24-33(52)22-31)47(25-28(2)16-20-56-47)42-41(57-42)45(5,54)43(3,27-51)18-14-29-15-19-50-37(49)21-29/h15,21,28,30-33,35-36,38,41-42,50-52,54-55H,6-14,16-20,22-27,49H2,1-5H3/t28-,30-,31-,32+,33+,35+,36+,38+,41+,42+,43+,44-,45+,46+,47-,48-/m1/s1. The normalized spacial score (nSPS) is 47.9. The number of epoxide rings is 1. The number of Topliss-reactive ketones (excluding diaryl/α,β-unsaturated/α-hetero) is 1. The number of ether oxygens (including phenoxy) is 2. The molecule has 6 aliphatic carbocycles. The molecule has 3 aliphatic heterocycles. The van der Waals surface area contributed by atoms with Crippen molar-refractivity contribution in [1.29, 1.82) is 0 Å². The van der Waals surface area contributed by atoms with Gasteiger partial charge in [0.2, 0.25) is 0 Å². The molecule has 0 aromatic rings. The Morgan fingerprint density at radius 1 is 1.05 bits per heavy atom. The molecule has 7 N–H and O–H groups in total. The number of ketones is 1. The lowest BCUT2D eigenvalue weighted by atomic mass is 9.35. The predicted octanol–water partition coefficient (Wildman–Crippen LogP) is 6.62. The maximum atomic E-state index is 15.1. The van der Waals surface area contributed by atoms with Gasteiger partial charge in [-0.25, -0.2) is 0 Å². The van der Waals surface area contributed by atoms with E-state index < -0.39 is 39.8 Å². The van der Waals surface area contributed by atoms with Crippen molar-refractivity contribution in [1.82, 2.24) is 5.32 Å². The highest BCUT2D eigenvalue weighted by Gasteiger charge is 2.80. The molecule has 0 aromatic heterocycles. The van der Waals surface area contributed by atoms with Crippen LogP contribution in [0.5, 0.6) is 0 Å². The third kappa shape index (κ3) is 5.70. The van der Waals surface area contributed by atoms with E-state index in [2.05, 4.69) is 32.2 Å². The fourth-order valence-corrected chi connectivity index (χ4v) is 16.0. The lowest BCUT2D eigenvalue weighted by molar-refractivity contribution is -0.219. The molecule has 0 spiro atoms. The summed E-state index contributed by atoms with van der Waals surface area (Å²) in [6.45, 7) is 11.9. The summed E-state index contributed by atoms with van der Waals surface area (Å²) in [5.74, 6) is 2.02. The van der Waals surface area contributed by atoms with Crippen LogP contribution < -0.4 is 11.1 Å². The van der Waals surface area contributed by atoms with Gasteiger partial charge in [0, 0.05) is 29.9 Å². The Bertz CT molecular complexity index is 1710. The molecule has 16 atom stereocenters. The van der Waals surface area contributed by atoms with E-state index >= 15 is 4.79 Å². The van der Waals surface area contributed by atoms with Gasteiger partial charge < -0.3 is 41.0 Å². The van der Waals surface area contributed by atoms with Gasteiger partial charge in [-0.1, -0.05) is 59.5 Å². The highest BCUT2D eigenvalue weighted by atomic mass is 16.6. The summed E-state index contributed by atoms with van der Waals surface area (Å²) in [6.07, 6.45) is 18.2. The average molecular weight is 791 g/mol. The van der Waals surface area contributed by atoms with Crippen molar-refractivity contribution < 1.29 is 34.7 Å². The van der Waals surface area contributed by atoms with Crippen LogP contribution in [0.3, 0.4) is 0 Å². The second-order valence-electron chi connectivity index (χ2n) is 21.8. The van der Waals surface area contributed by atoms with Crippen LogP contribution in [0.15, 0.2) is 34.7 Å². The number of rotatable bonds is 13. The van der Waals surface area contributed by atoms with Crippen LogP contribution in [-0.2, 0) is 14.3 Å². The van der Waals surface area contributed by atoms with E-state index in [4.69, 9.17) is 15.2 Å². The van der Waals surface area contributed by atoms with E-state index in [1.807, 2.05) is 19.9 Å². The number of carbonyl (C=O) groups is 1. The van der Waals surface area contributed by atoms with Gasteiger partial charge in [-0.15, -0.1) is 0 Å². The molecule has 9 aliphatic rings. The lowest BCUT2D eigenvalue weighted by Gasteiger charge is -2.70. The molecule has 3 heterocycles. The smallest absolute Gasteiger partial charge is 0.162 e. The maximum Gasteiger partial charge on any atom is 0.162 e. The van der Waals surface area contributed by atoms with E-state index in [1.54, 1.807) is 0 Å². The van der Waals surface area contributed by atoms with E-state index in [9.17, 15) is 20.4 Å². The molecule has 0 bridgehead atoms. The van der Waals surface area contributed by atoms with Crippen molar-refractivity contribution in [3.63, 3.8) is 0 Å². The summed E-state index contributed by atoms with van der Waals surface area (Å²) >= 11 is 0. The van der Waals surface area contributed by atoms with E-state index in [0.29, 0.717) is 56.0 Å². The van der Waals surface area contributed by atoms with Gasteiger partial charge >= 0.3 is 0 Å². The zero-order valence-electron chi connectivity index (χ0n) is 35.7. The first kappa shape index (κ1) is 40.6. The summed E-state index contributed by atoms with van der Waals surface area (Å²) in [5, 5.41) is 52.0. The quantitative estimate of drug-likeness (QED) is 0.0892. The Balaban J connectivity index is 1.09. The van der Waals surface area contributed by atoms with Crippen LogP contribution in [0.4, 0.5) is 0 Å². The molecule has 0 amide bonds. The second-order valence-corrected chi connectivity index (χ2v) is 21.8. The molecule has 4 saturated carbocycles. The van der Waals surface area contributed by atoms with E-state index in [0.717, 1.165) is 87.3 Å². The minimum atomic E-state index is -1.35. The zero-order chi connectivity index (χ0) is 40.3. The van der Waals surface area contributed by atoms with Crippen LogP contribution in [-0.4, -0.2) is 81.1 Å². The fraction of sp³-hybridized carbons (Fsp3) is 0.854. The van der Waals surface area contributed by atoms with Gasteiger partial charge in [0.1, 0.15) is 17.8 Å². The van der Waals surface area contributed by atoms with Crippen LogP contribution in [0, 0.1) is 57.7 Å². The maximum absolute atomic E-state index is 15.1. The number of unbranched alkanes of at least 4 members (excludes halogenated alkanes) is 3. The minimum Gasteiger partial charge on any atom is -0.396 e. The molecule has 2 saturated heterocycles. The van der Waals surface area contributed by atoms with E-state index in [-0.39, 0.29) is 47.6 Å². The number of aliphatic hydroxyl groups is 4. The Hall–Kier alpha value is -1.75. The van der Waals surface area contributed by atoms with Crippen molar-refractivity contribution in [3.05, 3.63) is 34.7 Å².